The van der Waals surface area contributed by atoms with Gasteiger partial charge in [-0.15, -0.1) is 0 Å². The molecule has 0 saturated heterocycles. The third-order valence-electron chi connectivity index (χ3n) is 3.64. The number of rotatable bonds is 10. The van der Waals surface area contributed by atoms with Crippen molar-refractivity contribution in [3.8, 4) is 11.5 Å². The van der Waals surface area contributed by atoms with Crippen LogP contribution in [0.25, 0.3) is 0 Å². The maximum Gasteiger partial charge on any atom is 0.220 e. The van der Waals surface area contributed by atoms with Crippen molar-refractivity contribution in [3.63, 3.8) is 0 Å². The molecule has 0 aliphatic rings. The first-order valence-corrected chi connectivity index (χ1v) is 7.84. The fourth-order valence-electron chi connectivity index (χ4n) is 2.29. The lowest BCUT2D eigenvalue weighted by Crippen LogP contribution is -2.40. The highest BCUT2D eigenvalue weighted by atomic mass is 16.5. The lowest BCUT2D eigenvalue weighted by atomic mass is 10.1. The summed E-state index contributed by atoms with van der Waals surface area (Å²) in [4.78, 5) is 12.0. The third-order valence-corrected chi connectivity index (χ3v) is 3.64. The van der Waals surface area contributed by atoms with Crippen LogP contribution in [0.15, 0.2) is 18.2 Å². The molecule has 0 fully saturated rings. The minimum absolute atomic E-state index is 0.0429. The fraction of sp³-hybridized carbons (Fsp3) is 0.588. The van der Waals surface area contributed by atoms with Crippen molar-refractivity contribution in [2.45, 2.75) is 45.1 Å². The Hall–Kier alpha value is -1.75. The Morgan fingerprint density at radius 1 is 1.27 bits per heavy atom. The lowest BCUT2D eigenvalue weighted by Gasteiger charge is -2.16. The van der Waals surface area contributed by atoms with Crippen LogP contribution < -0.4 is 20.5 Å². The molecular formula is C17H28N2O3. The van der Waals surface area contributed by atoms with Gasteiger partial charge in [0.25, 0.3) is 0 Å². The van der Waals surface area contributed by atoms with Crippen molar-refractivity contribution in [2.24, 2.45) is 5.73 Å². The minimum Gasteiger partial charge on any atom is -0.493 e. The molecule has 1 aromatic carbocycles. The molecule has 0 spiro atoms. The second-order valence-electron chi connectivity index (χ2n) is 5.33. The zero-order chi connectivity index (χ0) is 16.4. The van der Waals surface area contributed by atoms with Crippen molar-refractivity contribution in [3.05, 3.63) is 23.8 Å². The van der Waals surface area contributed by atoms with Gasteiger partial charge in [0.1, 0.15) is 0 Å². The number of ether oxygens (including phenoxy) is 2. The average molecular weight is 308 g/mol. The number of carbonyl (C=O) groups excluding carboxylic acids is 1. The van der Waals surface area contributed by atoms with E-state index in [1.807, 2.05) is 18.2 Å². The molecule has 0 saturated carbocycles. The smallest absolute Gasteiger partial charge is 0.220 e. The Bertz CT molecular complexity index is 463. The van der Waals surface area contributed by atoms with E-state index in [0.717, 1.165) is 24.8 Å². The quantitative estimate of drug-likeness (QED) is 0.695. The van der Waals surface area contributed by atoms with Gasteiger partial charge < -0.3 is 20.5 Å². The molecule has 22 heavy (non-hydrogen) atoms. The van der Waals surface area contributed by atoms with Crippen LogP contribution in [-0.4, -0.2) is 32.7 Å². The van der Waals surface area contributed by atoms with Gasteiger partial charge in [-0.25, -0.2) is 0 Å². The largest absolute Gasteiger partial charge is 0.493 e. The van der Waals surface area contributed by atoms with Crippen molar-refractivity contribution >= 4 is 5.91 Å². The lowest BCUT2D eigenvalue weighted by molar-refractivity contribution is -0.121. The Morgan fingerprint density at radius 3 is 2.59 bits per heavy atom. The topological polar surface area (TPSA) is 73.6 Å². The molecule has 0 bridgehead atoms. The van der Waals surface area contributed by atoms with Gasteiger partial charge in [0.05, 0.1) is 14.2 Å². The van der Waals surface area contributed by atoms with Crippen molar-refractivity contribution in [2.75, 3.05) is 20.8 Å². The van der Waals surface area contributed by atoms with Gasteiger partial charge in [0.2, 0.25) is 5.91 Å². The molecule has 0 aliphatic heterocycles. The van der Waals surface area contributed by atoms with E-state index in [0.29, 0.717) is 30.9 Å². The van der Waals surface area contributed by atoms with E-state index >= 15 is 0 Å². The molecule has 5 nitrogen and oxygen atoms in total. The van der Waals surface area contributed by atoms with Crippen LogP contribution in [0.2, 0.25) is 0 Å². The number of aryl methyl sites for hydroxylation is 1. The second kappa shape index (κ2) is 10.1. The summed E-state index contributed by atoms with van der Waals surface area (Å²) < 4.78 is 10.5. The normalized spacial score (nSPS) is 11.8. The molecule has 1 amide bonds. The van der Waals surface area contributed by atoms with E-state index in [4.69, 9.17) is 15.2 Å². The van der Waals surface area contributed by atoms with Gasteiger partial charge >= 0.3 is 0 Å². The Labute approximate surface area is 133 Å². The highest BCUT2D eigenvalue weighted by molar-refractivity contribution is 5.76. The predicted octanol–water partition coefficient (Wildman–Crippen LogP) is 2.27. The summed E-state index contributed by atoms with van der Waals surface area (Å²) in [6, 6.07) is 5.80. The molecule has 0 radical (unpaired) electrons. The molecule has 0 heterocycles. The molecule has 3 N–H and O–H groups in total. The van der Waals surface area contributed by atoms with E-state index in [2.05, 4.69) is 12.2 Å². The summed E-state index contributed by atoms with van der Waals surface area (Å²) >= 11 is 0. The standard InChI is InChI=1S/C17H28N2O3/c1-4-5-6-14(12-18)19-17(20)10-8-13-7-9-15(21-2)16(11-13)22-3/h7,9,11,14H,4-6,8,10,12,18H2,1-3H3,(H,19,20). The summed E-state index contributed by atoms with van der Waals surface area (Å²) in [7, 11) is 3.21. The summed E-state index contributed by atoms with van der Waals surface area (Å²) in [6.45, 7) is 2.62. The molecule has 1 rings (SSSR count). The number of carbonyl (C=O) groups is 1. The number of nitrogens with one attached hydrogen (secondary N) is 1. The first-order valence-electron chi connectivity index (χ1n) is 7.84. The Morgan fingerprint density at radius 2 is 2.00 bits per heavy atom. The van der Waals surface area contributed by atoms with Crippen molar-refractivity contribution in [1.82, 2.24) is 5.32 Å². The molecule has 1 aromatic rings. The first kappa shape index (κ1) is 18.3. The van der Waals surface area contributed by atoms with E-state index in [9.17, 15) is 4.79 Å². The highest BCUT2D eigenvalue weighted by Gasteiger charge is 2.11. The molecule has 0 aliphatic carbocycles. The average Bonchev–Trinajstić information content (AvgIpc) is 2.56. The minimum atomic E-state index is 0.0429. The number of benzene rings is 1. The summed E-state index contributed by atoms with van der Waals surface area (Å²) in [6.07, 6.45) is 4.24. The first-order chi connectivity index (χ1) is 10.6. The van der Waals surface area contributed by atoms with Crippen LogP contribution in [0, 0.1) is 0 Å². The number of amides is 1. The van der Waals surface area contributed by atoms with Crippen LogP contribution in [0.3, 0.4) is 0 Å². The van der Waals surface area contributed by atoms with Crippen LogP contribution in [0.1, 0.15) is 38.2 Å². The van der Waals surface area contributed by atoms with Gasteiger partial charge in [0, 0.05) is 19.0 Å². The zero-order valence-electron chi connectivity index (χ0n) is 13.9. The highest BCUT2D eigenvalue weighted by Crippen LogP contribution is 2.27. The van der Waals surface area contributed by atoms with E-state index in [-0.39, 0.29) is 11.9 Å². The van der Waals surface area contributed by atoms with Gasteiger partial charge in [-0.05, 0) is 30.5 Å². The number of hydrogen-bond acceptors (Lipinski definition) is 4. The monoisotopic (exact) mass is 308 g/mol. The molecule has 124 valence electrons. The SMILES string of the molecule is CCCCC(CN)NC(=O)CCc1ccc(OC)c(OC)c1. The van der Waals surface area contributed by atoms with Gasteiger partial charge in [-0.1, -0.05) is 25.8 Å². The number of hydrogen-bond donors (Lipinski definition) is 2. The summed E-state index contributed by atoms with van der Waals surface area (Å²) in [5, 5.41) is 3.00. The fourth-order valence-corrected chi connectivity index (χ4v) is 2.29. The summed E-state index contributed by atoms with van der Waals surface area (Å²) in [5.41, 5.74) is 6.74. The van der Waals surface area contributed by atoms with Gasteiger partial charge in [-0.3, -0.25) is 4.79 Å². The van der Waals surface area contributed by atoms with E-state index in [1.165, 1.54) is 0 Å². The Balaban J connectivity index is 2.49. The number of nitrogens with two attached hydrogens (primary N) is 1. The van der Waals surface area contributed by atoms with Crippen LogP contribution in [0.4, 0.5) is 0 Å². The van der Waals surface area contributed by atoms with E-state index in [1.54, 1.807) is 14.2 Å². The van der Waals surface area contributed by atoms with Crippen molar-refractivity contribution in [1.29, 1.82) is 0 Å². The number of unbranched alkanes of at least 4 members (excludes halogenated alkanes) is 1. The van der Waals surface area contributed by atoms with Crippen LogP contribution in [-0.2, 0) is 11.2 Å². The zero-order valence-corrected chi connectivity index (χ0v) is 13.9. The van der Waals surface area contributed by atoms with Crippen molar-refractivity contribution < 1.29 is 14.3 Å². The third kappa shape index (κ3) is 5.93. The summed E-state index contributed by atoms with van der Waals surface area (Å²) in [5.74, 6) is 1.42. The molecule has 0 aromatic heterocycles. The van der Waals surface area contributed by atoms with Gasteiger partial charge in [-0.2, -0.15) is 0 Å². The van der Waals surface area contributed by atoms with Crippen LogP contribution >= 0.6 is 0 Å². The maximum absolute atomic E-state index is 12.0. The number of methoxy groups -OCH3 is 2. The maximum atomic E-state index is 12.0. The second-order valence-corrected chi connectivity index (χ2v) is 5.33. The molecular weight excluding hydrogens is 280 g/mol. The molecule has 1 unspecified atom stereocenters. The molecule has 5 heteroatoms. The van der Waals surface area contributed by atoms with Crippen LogP contribution in [0.5, 0.6) is 11.5 Å². The molecule has 1 atom stereocenters. The predicted molar refractivity (Wildman–Crippen MR) is 88.4 cm³/mol. The van der Waals surface area contributed by atoms with E-state index < -0.39 is 0 Å². The van der Waals surface area contributed by atoms with Gasteiger partial charge in [0.15, 0.2) is 11.5 Å². The Kier molecular flexibility index (Phi) is 8.36.